The molecular formula is C11H17NO5. The summed E-state index contributed by atoms with van der Waals surface area (Å²) >= 11 is 0. The standard InChI is InChI=1S/C11H17NO5/c1-11(2,3)17-10(16)12-6-7(13)4-5-8(12)9(14)15/h8H,4-6H2,1-3H3,(H,14,15)/t8-/m0/s1. The molecule has 1 aliphatic rings. The van der Waals surface area contributed by atoms with Crippen LogP contribution in [0.15, 0.2) is 0 Å². The van der Waals surface area contributed by atoms with Crippen molar-refractivity contribution in [3.05, 3.63) is 0 Å². The van der Waals surface area contributed by atoms with Gasteiger partial charge in [-0.1, -0.05) is 0 Å². The van der Waals surface area contributed by atoms with E-state index in [1.807, 2.05) is 0 Å². The fourth-order valence-corrected chi connectivity index (χ4v) is 1.60. The highest BCUT2D eigenvalue weighted by Gasteiger charge is 2.37. The minimum Gasteiger partial charge on any atom is -0.480 e. The van der Waals surface area contributed by atoms with Gasteiger partial charge in [0.2, 0.25) is 0 Å². The minimum atomic E-state index is -1.11. The molecule has 0 aromatic rings. The maximum Gasteiger partial charge on any atom is 0.411 e. The van der Waals surface area contributed by atoms with E-state index >= 15 is 0 Å². The minimum absolute atomic E-state index is 0.145. The summed E-state index contributed by atoms with van der Waals surface area (Å²) in [5.41, 5.74) is -0.708. The molecule has 1 saturated heterocycles. The number of ether oxygens (including phenoxy) is 1. The highest BCUT2D eigenvalue weighted by atomic mass is 16.6. The third kappa shape index (κ3) is 3.72. The molecule has 0 bridgehead atoms. The second kappa shape index (κ2) is 4.73. The Morgan fingerprint density at radius 3 is 2.47 bits per heavy atom. The van der Waals surface area contributed by atoms with Crippen LogP contribution in [0, 0.1) is 0 Å². The van der Waals surface area contributed by atoms with Crippen molar-refractivity contribution in [2.24, 2.45) is 0 Å². The van der Waals surface area contributed by atoms with Crippen LogP contribution in [0.25, 0.3) is 0 Å². The molecule has 1 heterocycles. The molecular weight excluding hydrogens is 226 g/mol. The van der Waals surface area contributed by atoms with Crippen molar-refractivity contribution in [2.45, 2.75) is 45.3 Å². The van der Waals surface area contributed by atoms with E-state index < -0.39 is 23.7 Å². The van der Waals surface area contributed by atoms with Gasteiger partial charge in [-0.2, -0.15) is 0 Å². The molecule has 0 aliphatic carbocycles. The fraction of sp³-hybridized carbons (Fsp3) is 0.727. The van der Waals surface area contributed by atoms with E-state index in [0.717, 1.165) is 4.90 Å². The van der Waals surface area contributed by atoms with Gasteiger partial charge >= 0.3 is 12.1 Å². The number of nitrogens with zero attached hydrogens (tertiary/aromatic N) is 1. The summed E-state index contributed by atoms with van der Waals surface area (Å²) in [6.45, 7) is 4.87. The SMILES string of the molecule is CC(C)(C)OC(=O)N1CC(=O)CC[C@H]1C(=O)O. The van der Waals surface area contributed by atoms with Crippen LogP contribution in [0.1, 0.15) is 33.6 Å². The van der Waals surface area contributed by atoms with Gasteiger partial charge in [-0.25, -0.2) is 9.59 Å². The number of hydrogen-bond acceptors (Lipinski definition) is 4. The van der Waals surface area contributed by atoms with E-state index in [-0.39, 0.29) is 25.2 Å². The summed E-state index contributed by atoms with van der Waals surface area (Å²) in [4.78, 5) is 35.0. The van der Waals surface area contributed by atoms with Crippen LogP contribution < -0.4 is 0 Å². The van der Waals surface area contributed by atoms with Gasteiger partial charge in [0.05, 0.1) is 6.54 Å². The average molecular weight is 243 g/mol. The number of piperidine rings is 1. The highest BCUT2D eigenvalue weighted by Crippen LogP contribution is 2.18. The van der Waals surface area contributed by atoms with E-state index in [1.54, 1.807) is 20.8 Å². The Hall–Kier alpha value is -1.59. The Morgan fingerprint density at radius 1 is 1.41 bits per heavy atom. The van der Waals surface area contributed by atoms with Crippen molar-refractivity contribution >= 4 is 17.8 Å². The number of hydrogen-bond donors (Lipinski definition) is 1. The lowest BCUT2D eigenvalue weighted by Crippen LogP contribution is -2.52. The van der Waals surface area contributed by atoms with E-state index in [1.165, 1.54) is 0 Å². The van der Waals surface area contributed by atoms with Crippen LogP contribution >= 0.6 is 0 Å². The van der Waals surface area contributed by atoms with Gasteiger partial charge in [0, 0.05) is 6.42 Å². The molecule has 0 unspecified atom stereocenters. The number of aliphatic carboxylic acids is 1. The molecule has 0 radical (unpaired) electrons. The molecule has 96 valence electrons. The van der Waals surface area contributed by atoms with Crippen molar-refractivity contribution in [1.82, 2.24) is 4.90 Å². The third-order valence-electron chi connectivity index (χ3n) is 2.33. The number of carbonyl (C=O) groups excluding carboxylic acids is 2. The molecule has 6 nitrogen and oxygen atoms in total. The Kier molecular flexibility index (Phi) is 3.75. The Balaban J connectivity index is 2.79. The summed E-state index contributed by atoms with van der Waals surface area (Å²) in [5.74, 6) is -1.25. The van der Waals surface area contributed by atoms with Gasteiger partial charge in [0.1, 0.15) is 11.6 Å². The Morgan fingerprint density at radius 2 is 2.00 bits per heavy atom. The molecule has 0 aromatic heterocycles. The molecule has 17 heavy (non-hydrogen) atoms. The molecule has 6 heteroatoms. The summed E-state index contributed by atoms with van der Waals surface area (Å²) in [6, 6.07) is -0.970. The van der Waals surface area contributed by atoms with Gasteiger partial charge in [-0.3, -0.25) is 9.69 Å². The fourth-order valence-electron chi connectivity index (χ4n) is 1.60. The first-order valence-corrected chi connectivity index (χ1v) is 5.45. The largest absolute Gasteiger partial charge is 0.480 e. The van der Waals surface area contributed by atoms with Gasteiger partial charge < -0.3 is 9.84 Å². The summed E-state index contributed by atoms with van der Waals surface area (Å²) in [6.07, 6.45) is -0.415. The summed E-state index contributed by atoms with van der Waals surface area (Å²) < 4.78 is 5.08. The maximum absolute atomic E-state index is 11.8. The lowest BCUT2D eigenvalue weighted by molar-refractivity contribution is -0.145. The topological polar surface area (TPSA) is 83.9 Å². The lowest BCUT2D eigenvalue weighted by atomic mass is 10.0. The zero-order chi connectivity index (χ0) is 13.2. The summed E-state index contributed by atoms with van der Waals surface area (Å²) in [7, 11) is 0. The predicted octanol–water partition coefficient (Wildman–Crippen LogP) is 1.04. The zero-order valence-electron chi connectivity index (χ0n) is 10.2. The monoisotopic (exact) mass is 243 g/mol. The van der Waals surface area contributed by atoms with Crippen LogP contribution in [0.3, 0.4) is 0 Å². The summed E-state index contributed by atoms with van der Waals surface area (Å²) in [5, 5.41) is 8.98. The molecule has 0 spiro atoms. The van der Waals surface area contributed by atoms with Crippen LogP contribution in [-0.4, -0.2) is 46.0 Å². The van der Waals surface area contributed by atoms with Gasteiger partial charge in [0.25, 0.3) is 0 Å². The smallest absolute Gasteiger partial charge is 0.411 e. The van der Waals surface area contributed by atoms with E-state index in [9.17, 15) is 14.4 Å². The maximum atomic E-state index is 11.8. The van der Waals surface area contributed by atoms with E-state index in [2.05, 4.69) is 0 Å². The van der Waals surface area contributed by atoms with Crippen molar-refractivity contribution in [3.8, 4) is 0 Å². The lowest BCUT2D eigenvalue weighted by Gasteiger charge is -2.33. The number of carboxylic acids is 1. The van der Waals surface area contributed by atoms with Crippen molar-refractivity contribution in [2.75, 3.05) is 6.54 Å². The van der Waals surface area contributed by atoms with Crippen molar-refractivity contribution < 1.29 is 24.2 Å². The van der Waals surface area contributed by atoms with E-state index in [0.29, 0.717) is 0 Å². The number of carboxylic acid groups (broad SMARTS) is 1. The molecule has 1 atom stereocenters. The average Bonchev–Trinajstić information content (AvgIpc) is 2.14. The second-order valence-electron chi connectivity index (χ2n) is 5.04. The van der Waals surface area contributed by atoms with Crippen LogP contribution in [-0.2, 0) is 14.3 Å². The quantitative estimate of drug-likeness (QED) is 0.743. The van der Waals surface area contributed by atoms with Crippen LogP contribution in [0.5, 0.6) is 0 Å². The molecule has 1 N–H and O–H groups in total. The number of rotatable bonds is 1. The van der Waals surface area contributed by atoms with Gasteiger partial charge in [-0.15, -0.1) is 0 Å². The highest BCUT2D eigenvalue weighted by molar-refractivity contribution is 5.90. The van der Waals surface area contributed by atoms with Crippen LogP contribution in [0.2, 0.25) is 0 Å². The zero-order valence-corrected chi connectivity index (χ0v) is 10.2. The van der Waals surface area contributed by atoms with Gasteiger partial charge in [-0.05, 0) is 27.2 Å². The van der Waals surface area contributed by atoms with Crippen molar-refractivity contribution in [3.63, 3.8) is 0 Å². The second-order valence-corrected chi connectivity index (χ2v) is 5.04. The Bertz CT molecular complexity index is 344. The van der Waals surface area contributed by atoms with Gasteiger partial charge in [0.15, 0.2) is 5.78 Å². The number of amides is 1. The Labute approximate surface area is 99.5 Å². The van der Waals surface area contributed by atoms with Crippen LogP contribution in [0.4, 0.5) is 4.79 Å². The molecule has 1 amide bonds. The first-order valence-electron chi connectivity index (χ1n) is 5.45. The first kappa shape index (κ1) is 13.5. The number of Topliss-reactive ketones (excluding diaryl/α,β-unsaturated/α-hetero) is 1. The van der Waals surface area contributed by atoms with Crippen molar-refractivity contribution in [1.29, 1.82) is 0 Å². The normalized spacial score (nSPS) is 21.2. The molecule has 0 saturated carbocycles. The predicted molar refractivity (Wildman–Crippen MR) is 58.6 cm³/mol. The molecule has 1 rings (SSSR count). The first-order chi connectivity index (χ1) is 7.70. The number of carbonyl (C=O) groups is 3. The number of ketones is 1. The number of likely N-dealkylation sites (tertiary alicyclic amines) is 1. The third-order valence-corrected chi connectivity index (χ3v) is 2.33. The molecule has 0 aromatic carbocycles. The molecule has 1 fully saturated rings. The molecule has 1 aliphatic heterocycles. The van der Waals surface area contributed by atoms with E-state index in [4.69, 9.17) is 9.84 Å².